The molecule has 0 aromatic carbocycles. The molecular formula is C8H16F3NO. The van der Waals surface area contributed by atoms with Crippen LogP contribution in [0.2, 0.25) is 0 Å². The van der Waals surface area contributed by atoms with E-state index >= 15 is 0 Å². The molecule has 13 heavy (non-hydrogen) atoms. The predicted molar refractivity (Wildman–Crippen MR) is 44.4 cm³/mol. The van der Waals surface area contributed by atoms with Crippen molar-refractivity contribution < 1.29 is 17.9 Å². The molecule has 0 radical (unpaired) electrons. The van der Waals surface area contributed by atoms with Gasteiger partial charge in [-0.05, 0) is 20.3 Å². The minimum atomic E-state index is -4.52. The summed E-state index contributed by atoms with van der Waals surface area (Å²) in [4.78, 5) is 0. The Bertz CT molecular complexity index is 145. The van der Waals surface area contributed by atoms with Crippen LogP contribution in [-0.2, 0) is 4.74 Å². The third kappa shape index (κ3) is 8.05. The van der Waals surface area contributed by atoms with Crippen LogP contribution in [0.5, 0.6) is 0 Å². The van der Waals surface area contributed by atoms with Crippen LogP contribution in [0, 0.1) is 0 Å². The number of alkyl halides is 3. The number of halogens is 3. The van der Waals surface area contributed by atoms with Crippen molar-refractivity contribution in [1.29, 1.82) is 0 Å². The summed E-state index contributed by atoms with van der Waals surface area (Å²) in [5.41, 5.74) is -0.130. The van der Waals surface area contributed by atoms with Crippen molar-refractivity contribution in [3.63, 3.8) is 0 Å². The van der Waals surface area contributed by atoms with Gasteiger partial charge in [-0.3, -0.25) is 4.74 Å². The molecule has 0 atom stereocenters. The van der Waals surface area contributed by atoms with Gasteiger partial charge in [0.1, 0.15) is 0 Å². The third-order valence-corrected chi connectivity index (χ3v) is 1.86. The summed E-state index contributed by atoms with van der Waals surface area (Å²) in [5, 5.41) is 2.96. The molecule has 0 saturated carbocycles. The van der Waals surface area contributed by atoms with E-state index in [1.807, 2.05) is 20.8 Å². The smallest absolute Gasteiger partial charge is 0.310 e. The van der Waals surface area contributed by atoms with Gasteiger partial charge >= 0.3 is 6.36 Å². The molecule has 1 N–H and O–H groups in total. The van der Waals surface area contributed by atoms with Crippen LogP contribution < -0.4 is 5.32 Å². The lowest BCUT2D eigenvalue weighted by Gasteiger charge is -2.24. The zero-order chi connectivity index (χ0) is 10.5. The van der Waals surface area contributed by atoms with Gasteiger partial charge in [0.05, 0.1) is 6.61 Å². The number of rotatable bonds is 5. The van der Waals surface area contributed by atoms with Crippen LogP contribution >= 0.6 is 0 Å². The Kier molecular flexibility index (Phi) is 4.70. The Morgan fingerprint density at radius 3 is 2.15 bits per heavy atom. The van der Waals surface area contributed by atoms with Crippen molar-refractivity contribution >= 4 is 0 Å². The van der Waals surface area contributed by atoms with Crippen molar-refractivity contribution in [2.24, 2.45) is 0 Å². The Labute approximate surface area is 76.5 Å². The molecule has 5 heteroatoms. The Morgan fingerprint density at radius 2 is 1.77 bits per heavy atom. The van der Waals surface area contributed by atoms with Crippen molar-refractivity contribution in [1.82, 2.24) is 5.32 Å². The average molecular weight is 199 g/mol. The molecule has 0 saturated heterocycles. The predicted octanol–water partition coefficient (Wildman–Crippen LogP) is 2.30. The summed E-state index contributed by atoms with van der Waals surface area (Å²) in [5.74, 6) is 0. The zero-order valence-electron chi connectivity index (χ0n) is 8.16. The molecule has 0 aliphatic carbocycles. The lowest BCUT2D eigenvalue weighted by molar-refractivity contribution is -0.323. The van der Waals surface area contributed by atoms with Gasteiger partial charge in [0.15, 0.2) is 0 Å². The van der Waals surface area contributed by atoms with Gasteiger partial charge in [-0.1, -0.05) is 6.92 Å². The van der Waals surface area contributed by atoms with Crippen molar-refractivity contribution in [2.45, 2.75) is 39.1 Å². The molecule has 80 valence electrons. The van der Waals surface area contributed by atoms with E-state index < -0.39 is 6.36 Å². The lowest BCUT2D eigenvalue weighted by Crippen LogP contribution is -2.40. The first-order valence-corrected chi connectivity index (χ1v) is 4.22. The van der Waals surface area contributed by atoms with Gasteiger partial charge in [-0.2, -0.15) is 0 Å². The maximum atomic E-state index is 11.5. The van der Waals surface area contributed by atoms with Crippen molar-refractivity contribution in [3.05, 3.63) is 0 Å². The maximum Gasteiger partial charge on any atom is 0.522 e. The zero-order valence-corrected chi connectivity index (χ0v) is 8.16. The highest BCUT2D eigenvalue weighted by atomic mass is 19.4. The van der Waals surface area contributed by atoms with Gasteiger partial charge in [-0.25, -0.2) is 0 Å². The Balaban J connectivity index is 3.47. The van der Waals surface area contributed by atoms with Crippen LogP contribution in [0.4, 0.5) is 13.2 Å². The van der Waals surface area contributed by atoms with Crippen molar-refractivity contribution in [3.8, 4) is 0 Å². The molecule has 0 aromatic heterocycles. The molecule has 0 unspecified atom stereocenters. The fraction of sp³-hybridized carbons (Fsp3) is 1.00. The van der Waals surface area contributed by atoms with E-state index in [-0.39, 0.29) is 18.7 Å². The quantitative estimate of drug-likeness (QED) is 0.686. The first-order valence-electron chi connectivity index (χ1n) is 4.22. The summed E-state index contributed by atoms with van der Waals surface area (Å²) >= 11 is 0. The van der Waals surface area contributed by atoms with Gasteiger partial charge in [-0.15, -0.1) is 13.2 Å². The molecule has 0 fully saturated rings. The third-order valence-electron chi connectivity index (χ3n) is 1.86. The minimum absolute atomic E-state index is 0.130. The first-order chi connectivity index (χ1) is 5.77. The molecule has 2 nitrogen and oxygen atoms in total. The summed E-state index contributed by atoms with van der Waals surface area (Å²) in [7, 11) is 0. The van der Waals surface area contributed by atoms with Crippen LogP contribution in [0.15, 0.2) is 0 Å². The monoisotopic (exact) mass is 199 g/mol. The topological polar surface area (TPSA) is 21.3 Å². The number of hydrogen-bond donors (Lipinski definition) is 1. The molecule has 0 rings (SSSR count). The van der Waals surface area contributed by atoms with Crippen LogP contribution in [0.1, 0.15) is 27.2 Å². The first kappa shape index (κ1) is 12.7. The van der Waals surface area contributed by atoms with Gasteiger partial charge in [0.25, 0.3) is 0 Å². The van der Waals surface area contributed by atoms with Crippen molar-refractivity contribution in [2.75, 3.05) is 13.2 Å². The maximum absolute atomic E-state index is 11.5. The summed E-state index contributed by atoms with van der Waals surface area (Å²) in [6, 6.07) is 0. The standard InChI is InChI=1S/C8H16F3NO/c1-4-7(2,3)12-5-6-13-8(9,10)11/h12H,4-6H2,1-3H3. The molecule has 0 bridgehead atoms. The molecule has 0 amide bonds. The lowest BCUT2D eigenvalue weighted by atomic mass is 10.0. The van der Waals surface area contributed by atoms with E-state index in [9.17, 15) is 13.2 Å². The second kappa shape index (κ2) is 4.81. The molecular weight excluding hydrogens is 183 g/mol. The second-order valence-corrected chi connectivity index (χ2v) is 3.46. The fourth-order valence-electron chi connectivity index (χ4n) is 0.681. The molecule has 0 spiro atoms. The second-order valence-electron chi connectivity index (χ2n) is 3.46. The van der Waals surface area contributed by atoms with Gasteiger partial charge < -0.3 is 5.32 Å². The average Bonchev–Trinajstić information content (AvgIpc) is 1.97. The number of hydrogen-bond acceptors (Lipinski definition) is 2. The SMILES string of the molecule is CCC(C)(C)NCCOC(F)(F)F. The largest absolute Gasteiger partial charge is 0.522 e. The van der Waals surface area contributed by atoms with E-state index in [1.54, 1.807) is 0 Å². The summed E-state index contributed by atoms with van der Waals surface area (Å²) < 4.78 is 38.1. The molecule has 0 aliphatic rings. The van der Waals surface area contributed by atoms with E-state index in [0.717, 1.165) is 6.42 Å². The van der Waals surface area contributed by atoms with Gasteiger partial charge in [0, 0.05) is 12.1 Å². The van der Waals surface area contributed by atoms with Gasteiger partial charge in [0.2, 0.25) is 0 Å². The van der Waals surface area contributed by atoms with Crippen LogP contribution in [-0.4, -0.2) is 25.1 Å². The van der Waals surface area contributed by atoms with E-state index in [4.69, 9.17) is 0 Å². The highest BCUT2D eigenvalue weighted by molar-refractivity contribution is 4.74. The Morgan fingerprint density at radius 1 is 1.23 bits per heavy atom. The Hall–Kier alpha value is -0.290. The van der Waals surface area contributed by atoms with E-state index in [2.05, 4.69) is 10.1 Å². The van der Waals surface area contributed by atoms with Crippen LogP contribution in [0.3, 0.4) is 0 Å². The minimum Gasteiger partial charge on any atom is -0.310 e. The van der Waals surface area contributed by atoms with E-state index in [0.29, 0.717) is 0 Å². The van der Waals surface area contributed by atoms with E-state index in [1.165, 1.54) is 0 Å². The summed E-state index contributed by atoms with van der Waals surface area (Å²) in [6.45, 7) is 5.70. The number of nitrogens with one attached hydrogen (secondary N) is 1. The normalized spacial score (nSPS) is 13.4. The fourth-order valence-corrected chi connectivity index (χ4v) is 0.681. The molecule has 0 aromatic rings. The van der Waals surface area contributed by atoms with Crippen LogP contribution in [0.25, 0.3) is 0 Å². The number of ether oxygens (including phenoxy) is 1. The highest BCUT2D eigenvalue weighted by Crippen LogP contribution is 2.15. The summed E-state index contributed by atoms with van der Waals surface area (Å²) in [6.07, 6.45) is -3.66. The molecule has 0 heterocycles. The molecule has 0 aliphatic heterocycles. The highest BCUT2D eigenvalue weighted by Gasteiger charge is 2.28.